The highest BCUT2D eigenvalue weighted by molar-refractivity contribution is 9.10. The lowest BCUT2D eigenvalue weighted by atomic mass is 10.1. The number of halogens is 2. The van der Waals surface area contributed by atoms with Crippen molar-refractivity contribution in [1.29, 1.82) is 0 Å². The first-order valence-corrected chi connectivity index (χ1v) is 10.0. The first kappa shape index (κ1) is 23.5. The lowest BCUT2D eigenvalue weighted by Crippen LogP contribution is -2.37. The predicted molar refractivity (Wildman–Crippen MR) is 110 cm³/mol. The van der Waals surface area contributed by atoms with Crippen molar-refractivity contribution in [3.05, 3.63) is 39.4 Å². The number of carbonyl (C=O) groups is 2. The Labute approximate surface area is 188 Å². The van der Waals surface area contributed by atoms with Gasteiger partial charge in [-0.3, -0.25) is 14.2 Å². The highest BCUT2D eigenvalue weighted by atomic mass is 79.9. The summed E-state index contributed by atoms with van der Waals surface area (Å²) >= 11 is 3.19. The maximum Gasteiger partial charge on any atom is 0.351 e. The van der Waals surface area contributed by atoms with Crippen LogP contribution in [0.15, 0.2) is 33.7 Å². The number of rotatable bonds is 6. The van der Waals surface area contributed by atoms with E-state index in [1.165, 1.54) is 24.4 Å². The van der Waals surface area contributed by atoms with Gasteiger partial charge in [-0.15, -0.1) is 0 Å². The molecule has 172 valence electrons. The average Bonchev–Trinajstić information content (AvgIpc) is 3.00. The Kier molecular flexibility index (Phi) is 6.99. The van der Waals surface area contributed by atoms with E-state index in [4.69, 9.17) is 14.2 Å². The normalized spacial score (nSPS) is 22.4. The fourth-order valence-electron chi connectivity index (χ4n) is 3.07. The molecule has 0 unspecified atom stereocenters. The summed E-state index contributed by atoms with van der Waals surface area (Å²) in [6.45, 7) is 1.85. The molecule has 11 nitrogen and oxygen atoms in total. The molecule has 32 heavy (non-hydrogen) atoms. The number of para-hydroxylation sites is 1. The van der Waals surface area contributed by atoms with Gasteiger partial charge < -0.3 is 29.7 Å². The number of ether oxygens (including phenoxy) is 3. The Morgan fingerprint density at radius 2 is 1.94 bits per heavy atom. The van der Waals surface area contributed by atoms with Gasteiger partial charge in [0.25, 0.3) is 0 Å². The predicted octanol–water partition coefficient (Wildman–Crippen LogP) is 1.89. The molecule has 2 heterocycles. The lowest BCUT2D eigenvalue weighted by Gasteiger charge is -2.18. The molecule has 1 aromatic carbocycles. The number of nitrogens with one attached hydrogen (secondary N) is 1. The second-order valence-corrected chi connectivity index (χ2v) is 7.66. The Morgan fingerprint density at radius 3 is 2.53 bits per heavy atom. The summed E-state index contributed by atoms with van der Waals surface area (Å²) < 4.78 is 31.5. The summed E-state index contributed by atoms with van der Waals surface area (Å²) in [5.74, 6) is -2.06. The molecule has 1 aliphatic rings. The largest absolute Gasteiger partial charge is 0.506 e. The molecular formula is C19H19BrFN3O8. The van der Waals surface area contributed by atoms with E-state index in [0.717, 1.165) is 18.4 Å². The van der Waals surface area contributed by atoms with Crippen molar-refractivity contribution in [3.63, 3.8) is 0 Å². The minimum Gasteiger partial charge on any atom is -0.506 e. The second kappa shape index (κ2) is 9.53. The van der Waals surface area contributed by atoms with Gasteiger partial charge in [0.1, 0.15) is 29.9 Å². The first-order chi connectivity index (χ1) is 15.1. The van der Waals surface area contributed by atoms with Gasteiger partial charge >= 0.3 is 17.6 Å². The first-order valence-electron chi connectivity index (χ1n) is 9.25. The van der Waals surface area contributed by atoms with Crippen molar-refractivity contribution in [2.75, 3.05) is 11.9 Å². The molecule has 0 spiro atoms. The molecule has 0 saturated carbocycles. The van der Waals surface area contributed by atoms with E-state index in [0.29, 0.717) is 0 Å². The summed E-state index contributed by atoms with van der Waals surface area (Å²) in [5.41, 5.74) is -1.03. The number of aromatic hydroxyl groups is 2. The molecule has 1 fully saturated rings. The maximum absolute atomic E-state index is 15.1. The number of hydrogen-bond donors (Lipinski definition) is 3. The zero-order valence-electron chi connectivity index (χ0n) is 16.8. The van der Waals surface area contributed by atoms with Crippen molar-refractivity contribution in [3.8, 4) is 11.5 Å². The van der Waals surface area contributed by atoms with Crippen molar-refractivity contribution < 1.29 is 38.4 Å². The van der Waals surface area contributed by atoms with Crippen molar-refractivity contribution in [1.82, 2.24) is 9.55 Å². The molecule has 3 N–H and O–H groups in total. The fraction of sp³-hybridized carbons (Fsp3) is 0.368. The average molecular weight is 516 g/mol. The highest BCUT2D eigenvalue weighted by Gasteiger charge is 2.49. The number of aromatic nitrogens is 2. The van der Waals surface area contributed by atoms with Crippen LogP contribution in [-0.4, -0.2) is 56.7 Å². The van der Waals surface area contributed by atoms with E-state index in [1.807, 2.05) is 0 Å². The van der Waals surface area contributed by atoms with Gasteiger partial charge in [-0.2, -0.15) is 4.98 Å². The van der Waals surface area contributed by atoms with E-state index in [9.17, 15) is 24.6 Å². The number of phenolic OH excluding ortho intramolecular Hbond substituents is 2. The Morgan fingerprint density at radius 1 is 1.28 bits per heavy atom. The van der Waals surface area contributed by atoms with Gasteiger partial charge in [0.05, 0.1) is 4.47 Å². The van der Waals surface area contributed by atoms with Crippen LogP contribution >= 0.6 is 15.9 Å². The third-order valence-corrected chi connectivity index (χ3v) is 5.05. The number of anilines is 2. The molecule has 1 aliphatic heterocycles. The molecule has 3 rings (SSSR count). The summed E-state index contributed by atoms with van der Waals surface area (Å²) in [6, 6.07) is 4.05. The topological polar surface area (TPSA) is 149 Å². The molecule has 1 aromatic heterocycles. The molecule has 0 aliphatic carbocycles. The minimum absolute atomic E-state index is 0.0653. The van der Waals surface area contributed by atoms with Crippen molar-refractivity contribution in [2.45, 2.75) is 38.5 Å². The van der Waals surface area contributed by atoms with Gasteiger partial charge in [0.15, 0.2) is 24.3 Å². The summed E-state index contributed by atoms with van der Waals surface area (Å²) in [7, 11) is 0. The van der Waals surface area contributed by atoms with Crippen LogP contribution in [0.5, 0.6) is 11.5 Å². The molecule has 13 heteroatoms. The fourth-order valence-corrected chi connectivity index (χ4v) is 3.48. The van der Waals surface area contributed by atoms with E-state index < -0.39 is 42.2 Å². The number of phenols is 2. The number of carbonyl (C=O) groups excluding carboxylic acids is 2. The zero-order valence-corrected chi connectivity index (χ0v) is 18.4. The van der Waals surface area contributed by atoms with Crippen LogP contribution in [0, 0.1) is 0 Å². The van der Waals surface area contributed by atoms with E-state index in [2.05, 4.69) is 26.2 Å². The van der Waals surface area contributed by atoms with E-state index >= 15 is 4.39 Å². The molecule has 4 atom stereocenters. The molecular weight excluding hydrogens is 497 g/mol. The summed E-state index contributed by atoms with van der Waals surface area (Å²) in [4.78, 5) is 38.9. The second-order valence-electron chi connectivity index (χ2n) is 6.81. The Bertz CT molecular complexity index is 1070. The number of hydrogen-bond acceptors (Lipinski definition) is 10. The van der Waals surface area contributed by atoms with Crippen LogP contribution in [0.1, 0.15) is 20.1 Å². The lowest BCUT2D eigenvalue weighted by molar-refractivity contribution is -0.156. The van der Waals surface area contributed by atoms with Gasteiger partial charge in [-0.25, -0.2) is 9.18 Å². The monoisotopic (exact) mass is 515 g/mol. The van der Waals surface area contributed by atoms with Crippen LogP contribution in [0.3, 0.4) is 0 Å². The van der Waals surface area contributed by atoms with Crippen LogP contribution in [-0.2, 0) is 23.8 Å². The summed E-state index contributed by atoms with van der Waals surface area (Å²) in [5, 5.41) is 22.4. The van der Waals surface area contributed by atoms with E-state index in [1.54, 1.807) is 0 Å². The third-order valence-electron chi connectivity index (χ3n) is 4.46. The number of esters is 2. The van der Waals surface area contributed by atoms with Crippen LogP contribution < -0.4 is 11.0 Å². The highest BCUT2D eigenvalue weighted by Crippen LogP contribution is 2.37. The summed E-state index contributed by atoms with van der Waals surface area (Å²) in [6.07, 6.45) is -4.87. The Hall–Kier alpha value is -3.19. The molecule has 0 bridgehead atoms. The number of alkyl halides is 1. The molecule has 0 radical (unpaired) electrons. The van der Waals surface area contributed by atoms with Gasteiger partial charge in [-0.1, -0.05) is 6.07 Å². The molecule has 1 saturated heterocycles. The quantitative estimate of drug-likeness (QED) is 0.384. The van der Waals surface area contributed by atoms with Gasteiger partial charge in [0, 0.05) is 20.0 Å². The number of nitrogens with zero attached hydrogens (tertiary/aromatic N) is 2. The van der Waals surface area contributed by atoms with Crippen molar-refractivity contribution in [2.24, 2.45) is 0 Å². The zero-order chi connectivity index (χ0) is 23.6. The maximum atomic E-state index is 15.1. The standard InChI is InChI=1S/C19H19BrFN3O8/c1-8(25)30-7-13-16(31-9(2)26)14(21)18(32-13)24-6-10(20)17(23-19(24)29)22-15-11(27)4-3-5-12(15)28/h3-6,13-14,16,18,27-28H,7H2,1-2H3,(H,22,23,29)/t13-,14+,16+,18-/m1/s1. The van der Waals surface area contributed by atoms with E-state index in [-0.39, 0.29) is 34.1 Å². The SMILES string of the molecule is CC(=O)OC[C@H]1O[C@@H](n2cc(Br)c(Nc3c(O)cccc3O)nc2=O)[C@@H](F)[C@H]1OC(C)=O. The third kappa shape index (κ3) is 4.99. The van der Waals surface area contributed by atoms with Crippen molar-refractivity contribution >= 4 is 39.4 Å². The number of benzene rings is 1. The van der Waals surface area contributed by atoms with Crippen LogP contribution in [0.25, 0.3) is 0 Å². The molecule has 0 amide bonds. The van der Waals surface area contributed by atoms with Crippen LogP contribution in [0.4, 0.5) is 15.9 Å². The van der Waals surface area contributed by atoms with Gasteiger partial charge in [0.2, 0.25) is 0 Å². The Balaban J connectivity index is 1.90. The smallest absolute Gasteiger partial charge is 0.351 e. The van der Waals surface area contributed by atoms with Crippen LogP contribution in [0.2, 0.25) is 0 Å². The van der Waals surface area contributed by atoms with Gasteiger partial charge in [-0.05, 0) is 28.1 Å². The molecule has 2 aromatic rings. The minimum atomic E-state index is -1.97.